The van der Waals surface area contributed by atoms with E-state index in [-0.39, 0.29) is 5.91 Å². The quantitative estimate of drug-likeness (QED) is 0.836. The van der Waals surface area contributed by atoms with Crippen LogP contribution in [0, 0.1) is 0 Å². The van der Waals surface area contributed by atoms with E-state index >= 15 is 0 Å². The van der Waals surface area contributed by atoms with Crippen molar-refractivity contribution in [2.75, 3.05) is 31.5 Å². The van der Waals surface area contributed by atoms with E-state index in [1.54, 1.807) is 18.2 Å². The minimum Gasteiger partial charge on any atom is -0.326 e. The number of anilines is 1. The average Bonchev–Trinajstić information content (AvgIpc) is 2.76. The highest BCUT2D eigenvalue weighted by molar-refractivity contribution is 7.89. The molecule has 0 atom stereocenters. The summed E-state index contributed by atoms with van der Waals surface area (Å²) in [6, 6.07) is 4.97. The van der Waals surface area contributed by atoms with Gasteiger partial charge in [0.15, 0.2) is 0 Å². The van der Waals surface area contributed by atoms with Crippen LogP contribution in [0.1, 0.15) is 18.4 Å². The van der Waals surface area contributed by atoms with E-state index in [2.05, 4.69) is 10.6 Å². The van der Waals surface area contributed by atoms with Crippen molar-refractivity contribution in [1.29, 1.82) is 0 Å². The SMILES string of the molecule is O=C1CCc2cc(S(=O)(=O)N3CCCNCC3)ccc2N1. The van der Waals surface area contributed by atoms with Crippen LogP contribution in [-0.4, -0.2) is 44.8 Å². The predicted octanol–water partition coefficient (Wildman–Crippen LogP) is 0.555. The van der Waals surface area contributed by atoms with Crippen molar-refractivity contribution in [2.24, 2.45) is 0 Å². The number of hydrogen-bond donors (Lipinski definition) is 2. The van der Waals surface area contributed by atoms with E-state index in [1.165, 1.54) is 4.31 Å². The van der Waals surface area contributed by atoms with Gasteiger partial charge in [-0.15, -0.1) is 0 Å². The highest BCUT2D eigenvalue weighted by Gasteiger charge is 2.26. The van der Waals surface area contributed by atoms with Gasteiger partial charge in [0.1, 0.15) is 0 Å². The number of carbonyl (C=O) groups excluding carboxylic acids is 1. The van der Waals surface area contributed by atoms with Crippen LogP contribution in [0.5, 0.6) is 0 Å². The lowest BCUT2D eigenvalue weighted by atomic mass is 10.0. The fourth-order valence-electron chi connectivity index (χ4n) is 2.73. The van der Waals surface area contributed by atoms with E-state index in [0.29, 0.717) is 37.4 Å². The van der Waals surface area contributed by atoms with Gasteiger partial charge in [-0.3, -0.25) is 4.79 Å². The number of fused-ring (bicyclic) bond motifs is 1. The van der Waals surface area contributed by atoms with Gasteiger partial charge in [0.25, 0.3) is 0 Å². The molecule has 0 bridgehead atoms. The number of nitrogens with one attached hydrogen (secondary N) is 2. The van der Waals surface area contributed by atoms with Crippen molar-refractivity contribution in [1.82, 2.24) is 9.62 Å². The largest absolute Gasteiger partial charge is 0.326 e. The zero-order chi connectivity index (χ0) is 14.9. The molecule has 7 heteroatoms. The minimum absolute atomic E-state index is 0.0169. The summed E-state index contributed by atoms with van der Waals surface area (Å²) in [5.74, 6) is -0.0169. The van der Waals surface area contributed by atoms with Crippen LogP contribution in [0.3, 0.4) is 0 Å². The number of carbonyl (C=O) groups is 1. The molecule has 1 aromatic rings. The standard InChI is InChI=1S/C14H19N3O3S/c18-14-5-2-11-10-12(3-4-13(11)16-14)21(19,20)17-8-1-6-15-7-9-17/h3-4,10,15H,1-2,5-9H2,(H,16,18). The van der Waals surface area contributed by atoms with Crippen LogP contribution >= 0.6 is 0 Å². The molecule has 2 aliphatic heterocycles. The summed E-state index contributed by atoms with van der Waals surface area (Å²) in [6.45, 7) is 2.57. The van der Waals surface area contributed by atoms with Crippen molar-refractivity contribution < 1.29 is 13.2 Å². The maximum Gasteiger partial charge on any atom is 0.243 e. The molecule has 2 N–H and O–H groups in total. The van der Waals surface area contributed by atoms with E-state index < -0.39 is 10.0 Å². The van der Waals surface area contributed by atoms with Gasteiger partial charge in [-0.2, -0.15) is 4.31 Å². The van der Waals surface area contributed by atoms with E-state index in [0.717, 1.165) is 24.2 Å². The summed E-state index contributed by atoms with van der Waals surface area (Å²) >= 11 is 0. The Morgan fingerprint density at radius 2 is 1.95 bits per heavy atom. The molecule has 0 radical (unpaired) electrons. The molecule has 114 valence electrons. The topological polar surface area (TPSA) is 78.5 Å². The van der Waals surface area contributed by atoms with Crippen LogP contribution in [0.2, 0.25) is 0 Å². The molecule has 2 aliphatic rings. The first-order valence-electron chi connectivity index (χ1n) is 7.21. The number of benzene rings is 1. The molecular weight excluding hydrogens is 290 g/mol. The van der Waals surface area contributed by atoms with Gasteiger partial charge >= 0.3 is 0 Å². The monoisotopic (exact) mass is 309 g/mol. The van der Waals surface area contributed by atoms with Crippen molar-refractivity contribution >= 4 is 21.6 Å². The minimum atomic E-state index is -3.45. The third kappa shape index (κ3) is 2.95. The van der Waals surface area contributed by atoms with Crippen molar-refractivity contribution in [2.45, 2.75) is 24.2 Å². The number of rotatable bonds is 2. The Bertz CT molecular complexity index is 649. The van der Waals surface area contributed by atoms with Gasteiger partial charge in [0, 0.05) is 31.7 Å². The molecule has 0 unspecified atom stereocenters. The molecule has 1 aromatic carbocycles. The van der Waals surface area contributed by atoms with Gasteiger partial charge < -0.3 is 10.6 Å². The Kier molecular flexibility index (Phi) is 3.97. The Morgan fingerprint density at radius 3 is 2.81 bits per heavy atom. The Balaban J connectivity index is 1.90. The summed E-state index contributed by atoms with van der Waals surface area (Å²) in [7, 11) is -3.45. The van der Waals surface area contributed by atoms with E-state index in [9.17, 15) is 13.2 Å². The molecule has 1 amide bonds. The third-order valence-electron chi connectivity index (χ3n) is 3.91. The van der Waals surface area contributed by atoms with Gasteiger partial charge in [-0.05, 0) is 43.1 Å². The first-order chi connectivity index (χ1) is 10.1. The molecule has 1 fully saturated rings. The smallest absolute Gasteiger partial charge is 0.243 e. The maximum absolute atomic E-state index is 12.7. The first-order valence-corrected chi connectivity index (χ1v) is 8.65. The zero-order valence-corrected chi connectivity index (χ0v) is 12.6. The summed E-state index contributed by atoms with van der Waals surface area (Å²) in [5.41, 5.74) is 1.62. The summed E-state index contributed by atoms with van der Waals surface area (Å²) in [4.78, 5) is 11.7. The predicted molar refractivity (Wildman–Crippen MR) is 79.6 cm³/mol. The number of sulfonamides is 1. The highest BCUT2D eigenvalue weighted by atomic mass is 32.2. The molecule has 0 aliphatic carbocycles. The summed E-state index contributed by atoms with van der Waals surface area (Å²) in [5, 5.41) is 5.97. The van der Waals surface area contributed by atoms with E-state index in [4.69, 9.17) is 0 Å². The molecule has 2 heterocycles. The summed E-state index contributed by atoms with van der Waals surface area (Å²) in [6.07, 6.45) is 1.82. The number of aryl methyl sites for hydroxylation is 1. The van der Waals surface area contributed by atoms with Crippen molar-refractivity contribution in [3.8, 4) is 0 Å². The van der Waals surface area contributed by atoms with Crippen LogP contribution < -0.4 is 10.6 Å². The van der Waals surface area contributed by atoms with Gasteiger partial charge in [-0.1, -0.05) is 0 Å². The van der Waals surface area contributed by atoms with Crippen molar-refractivity contribution in [3.05, 3.63) is 23.8 Å². The number of hydrogen-bond acceptors (Lipinski definition) is 4. The first kappa shape index (κ1) is 14.5. The lowest BCUT2D eigenvalue weighted by molar-refractivity contribution is -0.116. The molecule has 3 rings (SSSR count). The molecule has 21 heavy (non-hydrogen) atoms. The average molecular weight is 309 g/mol. The summed E-state index contributed by atoms with van der Waals surface area (Å²) < 4.78 is 26.9. The van der Waals surface area contributed by atoms with Crippen LogP contribution in [0.25, 0.3) is 0 Å². The van der Waals surface area contributed by atoms with Crippen LogP contribution in [0.4, 0.5) is 5.69 Å². The molecule has 0 aromatic heterocycles. The normalized spacial score (nSPS) is 20.5. The zero-order valence-electron chi connectivity index (χ0n) is 11.8. The lowest BCUT2D eigenvalue weighted by Crippen LogP contribution is -2.34. The Labute approximate surface area is 124 Å². The van der Waals surface area contributed by atoms with Crippen LogP contribution in [-0.2, 0) is 21.2 Å². The van der Waals surface area contributed by atoms with Gasteiger partial charge in [-0.25, -0.2) is 8.42 Å². The second-order valence-electron chi connectivity index (χ2n) is 5.37. The van der Waals surface area contributed by atoms with Crippen molar-refractivity contribution in [3.63, 3.8) is 0 Å². The third-order valence-corrected chi connectivity index (χ3v) is 5.80. The molecule has 0 spiro atoms. The maximum atomic E-state index is 12.7. The fraction of sp³-hybridized carbons (Fsp3) is 0.500. The second kappa shape index (κ2) is 5.75. The Morgan fingerprint density at radius 1 is 1.10 bits per heavy atom. The van der Waals surface area contributed by atoms with Crippen LogP contribution in [0.15, 0.2) is 23.1 Å². The second-order valence-corrected chi connectivity index (χ2v) is 7.31. The van der Waals surface area contributed by atoms with Gasteiger partial charge in [0.2, 0.25) is 15.9 Å². The Hall–Kier alpha value is -1.44. The molecular formula is C14H19N3O3S. The van der Waals surface area contributed by atoms with E-state index in [1.807, 2.05) is 0 Å². The van der Waals surface area contributed by atoms with Gasteiger partial charge in [0.05, 0.1) is 4.90 Å². The fourth-order valence-corrected chi connectivity index (χ4v) is 4.26. The number of nitrogens with zero attached hydrogens (tertiary/aromatic N) is 1. The number of amides is 1. The lowest BCUT2D eigenvalue weighted by Gasteiger charge is -2.22. The molecule has 1 saturated heterocycles. The molecule has 6 nitrogen and oxygen atoms in total. The molecule has 0 saturated carbocycles. The highest BCUT2D eigenvalue weighted by Crippen LogP contribution is 2.27.